The number of aliphatic hydroxyl groups excluding tert-OH is 1. The zero-order valence-corrected chi connectivity index (χ0v) is 9.64. The molecule has 2 aromatic rings. The minimum Gasteiger partial charge on any atom is -0.392 e. The molecule has 3 nitrogen and oxygen atoms in total. The Morgan fingerprint density at radius 1 is 1.25 bits per heavy atom. The summed E-state index contributed by atoms with van der Waals surface area (Å²) in [5.41, 5.74) is 4.11. The summed E-state index contributed by atoms with van der Waals surface area (Å²) >= 11 is 0. The third-order valence-electron chi connectivity index (χ3n) is 2.79. The normalized spacial score (nSPS) is 10.7. The highest BCUT2D eigenvalue weighted by Crippen LogP contribution is 2.16. The molecule has 84 valence electrons. The van der Waals surface area contributed by atoms with Crippen LogP contribution < -0.4 is 0 Å². The largest absolute Gasteiger partial charge is 0.392 e. The number of hydrogen-bond acceptors (Lipinski definition) is 2. The van der Waals surface area contributed by atoms with Gasteiger partial charge in [0.15, 0.2) is 0 Å². The number of benzene rings is 1. The summed E-state index contributed by atoms with van der Waals surface area (Å²) in [5.74, 6) is 0. The van der Waals surface area contributed by atoms with Crippen molar-refractivity contribution in [1.82, 2.24) is 9.78 Å². The third-order valence-corrected chi connectivity index (χ3v) is 2.79. The van der Waals surface area contributed by atoms with Crippen LogP contribution in [0.4, 0.5) is 0 Å². The highest BCUT2D eigenvalue weighted by Gasteiger charge is 2.07. The predicted molar refractivity (Wildman–Crippen MR) is 63.6 cm³/mol. The minimum absolute atomic E-state index is 0.0418. The van der Waals surface area contributed by atoms with Crippen LogP contribution in [0.1, 0.15) is 23.7 Å². The average Bonchev–Trinajstić information content (AvgIpc) is 2.70. The lowest BCUT2D eigenvalue weighted by atomic mass is 10.1. The van der Waals surface area contributed by atoms with Crippen LogP contribution in [0.15, 0.2) is 30.5 Å². The Kier molecular flexibility index (Phi) is 3.06. The summed E-state index contributed by atoms with van der Waals surface area (Å²) in [6, 6.07) is 8.19. The molecule has 1 N–H and O–H groups in total. The van der Waals surface area contributed by atoms with Gasteiger partial charge in [-0.05, 0) is 25.0 Å². The molecular weight excluding hydrogens is 200 g/mol. The fourth-order valence-electron chi connectivity index (χ4n) is 1.81. The van der Waals surface area contributed by atoms with Crippen molar-refractivity contribution in [3.63, 3.8) is 0 Å². The van der Waals surface area contributed by atoms with Gasteiger partial charge in [0.05, 0.1) is 18.0 Å². The molecule has 0 fully saturated rings. The van der Waals surface area contributed by atoms with Gasteiger partial charge in [-0.1, -0.05) is 25.1 Å². The number of nitrogens with zero attached hydrogens (tertiary/aromatic N) is 2. The first-order valence-electron chi connectivity index (χ1n) is 5.50. The molecular formula is C13H16N2O. The summed E-state index contributed by atoms with van der Waals surface area (Å²) in [6.45, 7) is 4.08. The summed E-state index contributed by atoms with van der Waals surface area (Å²) in [5, 5.41) is 13.6. The van der Waals surface area contributed by atoms with E-state index in [4.69, 9.17) is 5.11 Å². The molecule has 0 unspecified atom stereocenters. The first-order valence-corrected chi connectivity index (χ1v) is 5.50. The van der Waals surface area contributed by atoms with Crippen LogP contribution in [-0.4, -0.2) is 14.9 Å². The van der Waals surface area contributed by atoms with Gasteiger partial charge in [-0.15, -0.1) is 0 Å². The number of rotatable bonds is 3. The number of aryl methyl sites for hydroxylation is 2. The van der Waals surface area contributed by atoms with Crippen molar-refractivity contribution in [2.75, 3.05) is 0 Å². The molecule has 3 heteroatoms. The minimum atomic E-state index is 0.0418. The molecule has 0 saturated carbocycles. The Hall–Kier alpha value is -1.61. The lowest BCUT2D eigenvalue weighted by molar-refractivity contribution is 0.281. The number of aliphatic hydroxyl groups is 1. The Morgan fingerprint density at radius 2 is 2.00 bits per heavy atom. The van der Waals surface area contributed by atoms with Crippen molar-refractivity contribution in [3.05, 3.63) is 47.3 Å². The molecule has 16 heavy (non-hydrogen) atoms. The number of hydrogen-bond donors (Lipinski definition) is 1. The fraction of sp³-hybridized carbons (Fsp3) is 0.308. The van der Waals surface area contributed by atoms with E-state index in [0.29, 0.717) is 0 Å². The van der Waals surface area contributed by atoms with Crippen LogP contribution in [0.25, 0.3) is 5.69 Å². The van der Waals surface area contributed by atoms with Crippen LogP contribution in [0, 0.1) is 6.92 Å². The molecule has 0 radical (unpaired) electrons. The Morgan fingerprint density at radius 3 is 2.62 bits per heavy atom. The van der Waals surface area contributed by atoms with E-state index in [1.165, 1.54) is 5.56 Å². The van der Waals surface area contributed by atoms with Gasteiger partial charge in [0, 0.05) is 11.8 Å². The highest BCUT2D eigenvalue weighted by molar-refractivity contribution is 5.41. The number of para-hydroxylation sites is 1. The highest BCUT2D eigenvalue weighted by atomic mass is 16.3. The standard InChI is InChI=1S/C13H16N2O/c1-3-11-6-4-5-7-13(11)15-8-12(9-16)10(2)14-15/h4-8,16H,3,9H2,1-2H3. The SMILES string of the molecule is CCc1ccccc1-n1cc(CO)c(C)n1. The van der Waals surface area contributed by atoms with E-state index in [0.717, 1.165) is 23.4 Å². The van der Waals surface area contributed by atoms with Crippen molar-refractivity contribution >= 4 is 0 Å². The summed E-state index contributed by atoms with van der Waals surface area (Å²) in [7, 11) is 0. The predicted octanol–water partition coefficient (Wildman–Crippen LogP) is 2.24. The summed E-state index contributed by atoms with van der Waals surface area (Å²) < 4.78 is 1.85. The second kappa shape index (κ2) is 4.49. The zero-order valence-electron chi connectivity index (χ0n) is 9.64. The topological polar surface area (TPSA) is 38.0 Å². The molecule has 0 saturated heterocycles. The maximum absolute atomic E-state index is 9.15. The van der Waals surface area contributed by atoms with E-state index in [2.05, 4.69) is 18.1 Å². The van der Waals surface area contributed by atoms with Crippen LogP contribution >= 0.6 is 0 Å². The molecule has 0 amide bonds. The third kappa shape index (κ3) is 1.86. The Balaban J connectivity index is 2.49. The summed E-state index contributed by atoms with van der Waals surface area (Å²) in [6.07, 6.45) is 2.87. The van der Waals surface area contributed by atoms with E-state index in [1.54, 1.807) is 0 Å². The molecule has 0 aliphatic heterocycles. The fourth-order valence-corrected chi connectivity index (χ4v) is 1.81. The first kappa shape index (κ1) is 10.9. The maximum Gasteiger partial charge on any atom is 0.0715 e. The van der Waals surface area contributed by atoms with Crippen LogP contribution in [-0.2, 0) is 13.0 Å². The van der Waals surface area contributed by atoms with Crippen molar-refractivity contribution in [2.45, 2.75) is 26.9 Å². The second-order valence-corrected chi connectivity index (χ2v) is 3.82. The van der Waals surface area contributed by atoms with Gasteiger partial charge < -0.3 is 5.11 Å². The molecule has 1 heterocycles. The molecule has 1 aromatic carbocycles. The zero-order chi connectivity index (χ0) is 11.5. The molecule has 0 atom stereocenters. The second-order valence-electron chi connectivity index (χ2n) is 3.82. The van der Waals surface area contributed by atoms with Gasteiger partial charge in [-0.2, -0.15) is 5.10 Å². The average molecular weight is 216 g/mol. The van der Waals surface area contributed by atoms with E-state index in [9.17, 15) is 0 Å². The van der Waals surface area contributed by atoms with Gasteiger partial charge in [-0.3, -0.25) is 0 Å². The summed E-state index contributed by atoms with van der Waals surface area (Å²) in [4.78, 5) is 0. The molecule has 0 aliphatic rings. The molecule has 0 aliphatic carbocycles. The van der Waals surface area contributed by atoms with E-state index in [-0.39, 0.29) is 6.61 Å². The van der Waals surface area contributed by atoms with Gasteiger partial charge in [0.25, 0.3) is 0 Å². The quantitative estimate of drug-likeness (QED) is 0.854. The lowest BCUT2D eigenvalue weighted by Gasteiger charge is -2.06. The van der Waals surface area contributed by atoms with E-state index >= 15 is 0 Å². The van der Waals surface area contributed by atoms with E-state index in [1.807, 2.05) is 36.0 Å². The molecule has 0 spiro atoms. The molecule has 0 bridgehead atoms. The van der Waals surface area contributed by atoms with Crippen molar-refractivity contribution in [3.8, 4) is 5.69 Å². The van der Waals surface area contributed by atoms with Crippen molar-refractivity contribution < 1.29 is 5.11 Å². The Labute approximate surface area is 95.3 Å². The monoisotopic (exact) mass is 216 g/mol. The van der Waals surface area contributed by atoms with Gasteiger partial charge in [0.2, 0.25) is 0 Å². The van der Waals surface area contributed by atoms with Crippen molar-refractivity contribution in [1.29, 1.82) is 0 Å². The van der Waals surface area contributed by atoms with E-state index < -0.39 is 0 Å². The van der Waals surface area contributed by atoms with Crippen LogP contribution in [0.2, 0.25) is 0 Å². The van der Waals surface area contributed by atoms with Crippen LogP contribution in [0.3, 0.4) is 0 Å². The van der Waals surface area contributed by atoms with Gasteiger partial charge in [0.1, 0.15) is 0 Å². The number of aromatic nitrogens is 2. The smallest absolute Gasteiger partial charge is 0.0715 e. The van der Waals surface area contributed by atoms with Gasteiger partial charge in [-0.25, -0.2) is 4.68 Å². The first-order chi connectivity index (χ1) is 7.76. The van der Waals surface area contributed by atoms with Crippen LogP contribution in [0.5, 0.6) is 0 Å². The lowest BCUT2D eigenvalue weighted by Crippen LogP contribution is -1.99. The maximum atomic E-state index is 9.15. The Bertz CT molecular complexity index is 488. The molecule has 2 rings (SSSR count). The molecule has 1 aromatic heterocycles. The van der Waals surface area contributed by atoms with Gasteiger partial charge >= 0.3 is 0 Å². The van der Waals surface area contributed by atoms with Crippen molar-refractivity contribution in [2.24, 2.45) is 0 Å².